The summed E-state index contributed by atoms with van der Waals surface area (Å²) in [5.74, 6) is -0.0390. The van der Waals surface area contributed by atoms with Crippen LogP contribution in [0.2, 0.25) is 0 Å². The van der Waals surface area contributed by atoms with Crippen LogP contribution in [0.15, 0.2) is 30.6 Å². The molecule has 2 aliphatic rings. The number of aromatic nitrogens is 2. The molecule has 9 heteroatoms. The Bertz CT molecular complexity index is 1060. The van der Waals surface area contributed by atoms with Crippen molar-refractivity contribution in [3.05, 3.63) is 36.2 Å². The minimum absolute atomic E-state index is 0.0390. The van der Waals surface area contributed by atoms with Gasteiger partial charge in [0.2, 0.25) is 5.91 Å². The van der Waals surface area contributed by atoms with Crippen molar-refractivity contribution in [2.75, 3.05) is 24.5 Å². The summed E-state index contributed by atoms with van der Waals surface area (Å²) in [4.78, 5) is 30.4. The van der Waals surface area contributed by atoms with E-state index in [0.29, 0.717) is 12.5 Å². The summed E-state index contributed by atoms with van der Waals surface area (Å²) >= 11 is 0. The van der Waals surface area contributed by atoms with Gasteiger partial charge in [-0.25, -0.2) is 4.79 Å². The van der Waals surface area contributed by atoms with E-state index in [4.69, 9.17) is 5.73 Å². The number of nitrogens with zero attached hydrogens (tertiary/aromatic N) is 5. The molecule has 1 aromatic carbocycles. The molecule has 0 aliphatic carbocycles. The standard InChI is InChI=1S/C26H38N6O3/c1-17(2)31(26(34)35)25-13-18(3)32(19(4)33)24-6-5-20(14-23(24)25)21-15-28-30(16-21)12-11-29-9-7-22(27)8-10-29/h5-6,14-18,22,25H,7-13,27H2,1-4H3,(H,34,35). The second kappa shape index (κ2) is 10.4. The first-order valence-corrected chi connectivity index (χ1v) is 12.6. The highest BCUT2D eigenvalue weighted by molar-refractivity contribution is 5.94. The Hall–Kier alpha value is -2.91. The molecule has 0 saturated carbocycles. The van der Waals surface area contributed by atoms with Crippen LogP contribution in [0, 0.1) is 0 Å². The maximum atomic E-state index is 12.5. The van der Waals surface area contributed by atoms with E-state index >= 15 is 0 Å². The molecule has 2 aliphatic heterocycles. The summed E-state index contributed by atoms with van der Waals surface area (Å²) in [5.41, 5.74) is 9.61. The predicted octanol–water partition coefficient (Wildman–Crippen LogP) is 3.55. The number of anilines is 1. The fraction of sp³-hybridized carbons (Fsp3) is 0.577. The zero-order valence-corrected chi connectivity index (χ0v) is 21.2. The van der Waals surface area contributed by atoms with E-state index in [1.165, 1.54) is 4.90 Å². The SMILES string of the molecule is CC(=O)N1c2ccc(-c3cnn(CCN4CCC(N)CC4)c3)cc2C(N(C(=O)O)C(C)C)CC1C. The van der Waals surface area contributed by atoms with Crippen LogP contribution in [-0.4, -0.2) is 74.4 Å². The summed E-state index contributed by atoms with van der Waals surface area (Å²) in [6, 6.07) is 5.70. The van der Waals surface area contributed by atoms with Crippen molar-refractivity contribution < 1.29 is 14.7 Å². The monoisotopic (exact) mass is 482 g/mol. The Kier molecular flexibility index (Phi) is 7.47. The van der Waals surface area contributed by atoms with Crippen LogP contribution in [0.4, 0.5) is 10.5 Å². The summed E-state index contributed by atoms with van der Waals surface area (Å²) < 4.78 is 1.96. The largest absolute Gasteiger partial charge is 0.465 e. The van der Waals surface area contributed by atoms with Crippen LogP contribution in [0.3, 0.4) is 0 Å². The van der Waals surface area contributed by atoms with Crippen LogP contribution < -0.4 is 10.6 Å². The van der Waals surface area contributed by atoms with E-state index in [2.05, 4.69) is 10.00 Å². The van der Waals surface area contributed by atoms with Crippen LogP contribution in [0.1, 0.15) is 58.6 Å². The Morgan fingerprint density at radius 3 is 2.54 bits per heavy atom. The van der Waals surface area contributed by atoms with E-state index in [1.807, 2.05) is 56.0 Å². The van der Waals surface area contributed by atoms with Gasteiger partial charge in [0.25, 0.3) is 0 Å². The highest BCUT2D eigenvalue weighted by atomic mass is 16.4. The molecule has 3 N–H and O–H groups in total. The number of piperidine rings is 1. The zero-order chi connectivity index (χ0) is 25.3. The van der Waals surface area contributed by atoms with Crippen LogP contribution in [0.25, 0.3) is 11.1 Å². The van der Waals surface area contributed by atoms with Gasteiger partial charge in [0.05, 0.1) is 18.8 Å². The number of carbonyl (C=O) groups is 2. The van der Waals surface area contributed by atoms with Gasteiger partial charge >= 0.3 is 6.09 Å². The number of rotatable bonds is 6. The lowest BCUT2D eigenvalue weighted by Crippen LogP contribution is -2.48. The molecule has 190 valence electrons. The number of amides is 2. The molecule has 35 heavy (non-hydrogen) atoms. The van der Waals surface area contributed by atoms with E-state index in [0.717, 1.165) is 61.4 Å². The molecule has 4 rings (SSSR count). The summed E-state index contributed by atoms with van der Waals surface area (Å²) in [6.45, 7) is 11.1. The lowest BCUT2D eigenvalue weighted by atomic mass is 9.88. The maximum Gasteiger partial charge on any atom is 0.408 e. The molecule has 0 bridgehead atoms. The molecule has 9 nitrogen and oxygen atoms in total. The predicted molar refractivity (Wildman–Crippen MR) is 136 cm³/mol. The number of hydrogen-bond acceptors (Lipinski definition) is 5. The third-order valence-electron chi connectivity index (χ3n) is 7.35. The average molecular weight is 483 g/mol. The number of fused-ring (bicyclic) bond motifs is 1. The minimum atomic E-state index is -0.948. The number of nitrogens with two attached hydrogens (primary N) is 1. The zero-order valence-electron chi connectivity index (χ0n) is 21.2. The Balaban J connectivity index is 1.61. The number of hydrogen-bond donors (Lipinski definition) is 2. The third kappa shape index (κ3) is 5.36. The minimum Gasteiger partial charge on any atom is -0.465 e. The van der Waals surface area contributed by atoms with Crippen LogP contribution in [-0.2, 0) is 11.3 Å². The highest BCUT2D eigenvalue weighted by Crippen LogP contribution is 2.43. The highest BCUT2D eigenvalue weighted by Gasteiger charge is 2.38. The van der Waals surface area contributed by atoms with Crippen molar-refractivity contribution in [3.63, 3.8) is 0 Å². The Morgan fingerprint density at radius 1 is 1.20 bits per heavy atom. The average Bonchev–Trinajstić information content (AvgIpc) is 3.27. The van der Waals surface area contributed by atoms with Crippen LogP contribution in [0.5, 0.6) is 0 Å². The molecule has 1 saturated heterocycles. The van der Waals surface area contributed by atoms with Crippen molar-refractivity contribution in [1.82, 2.24) is 19.6 Å². The van der Waals surface area contributed by atoms with Gasteiger partial charge < -0.3 is 20.6 Å². The quantitative estimate of drug-likeness (QED) is 0.652. The fourth-order valence-corrected chi connectivity index (χ4v) is 5.53. The van der Waals surface area contributed by atoms with Crippen LogP contribution >= 0.6 is 0 Å². The number of carboxylic acid groups (broad SMARTS) is 1. The number of likely N-dealkylation sites (tertiary alicyclic amines) is 1. The molecule has 0 spiro atoms. The Morgan fingerprint density at radius 2 is 1.91 bits per heavy atom. The molecule has 2 aromatic rings. The molecular formula is C26H38N6O3. The van der Waals surface area contributed by atoms with Crippen molar-refractivity contribution in [2.24, 2.45) is 5.73 Å². The second-order valence-electron chi connectivity index (χ2n) is 10.2. The van der Waals surface area contributed by atoms with Gasteiger partial charge in [0.1, 0.15) is 0 Å². The van der Waals surface area contributed by atoms with E-state index in [9.17, 15) is 14.7 Å². The lowest BCUT2D eigenvalue weighted by molar-refractivity contribution is -0.117. The molecule has 3 heterocycles. The maximum absolute atomic E-state index is 12.5. The lowest BCUT2D eigenvalue weighted by Gasteiger charge is -2.43. The molecule has 2 atom stereocenters. The van der Waals surface area contributed by atoms with Gasteiger partial charge in [-0.15, -0.1) is 0 Å². The van der Waals surface area contributed by atoms with Crippen molar-refractivity contribution in [3.8, 4) is 11.1 Å². The first-order valence-electron chi connectivity index (χ1n) is 12.6. The molecule has 0 radical (unpaired) electrons. The van der Waals surface area contributed by atoms with E-state index in [-0.39, 0.29) is 24.0 Å². The van der Waals surface area contributed by atoms with Gasteiger partial charge in [0, 0.05) is 49.0 Å². The summed E-state index contributed by atoms with van der Waals surface area (Å²) in [7, 11) is 0. The first-order chi connectivity index (χ1) is 16.7. The smallest absolute Gasteiger partial charge is 0.408 e. The molecule has 2 amide bonds. The Labute approximate surface area is 207 Å². The molecule has 2 unspecified atom stereocenters. The van der Waals surface area contributed by atoms with Gasteiger partial charge in [-0.1, -0.05) is 6.07 Å². The topological polar surface area (TPSA) is 108 Å². The van der Waals surface area contributed by atoms with Gasteiger partial charge in [0.15, 0.2) is 0 Å². The number of benzene rings is 1. The summed E-state index contributed by atoms with van der Waals surface area (Å²) in [6.07, 6.45) is 5.59. The summed E-state index contributed by atoms with van der Waals surface area (Å²) in [5, 5.41) is 14.5. The van der Waals surface area contributed by atoms with E-state index < -0.39 is 6.09 Å². The van der Waals surface area contributed by atoms with Crippen molar-refractivity contribution in [2.45, 2.75) is 77.7 Å². The first kappa shape index (κ1) is 25.2. The molecule has 1 aromatic heterocycles. The normalized spacial score (nSPS) is 21.3. The molecular weight excluding hydrogens is 444 g/mol. The van der Waals surface area contributed by atoms with Gasteiger partial charge in [-0.2, -0.15) is 5.10 Å². The van der Waals surface area contributed by atoms with Crippen molar-refractivity contribution >= 4 is 17.7 Å². The molecule has 1 fully saturated rings. The number of carbonyl (C=O) groups excluding carboxylic acids is 1. The van der Waals surface area contributed by atoms with Gasteiger partial charge in [-0.05, 0) is 76.4 Å². The second-order valence-corrected chi connectivity index (χ2v) is 10.2. The third-order valence-corrected chi connectivity index (χ3v) is 7.35. The fourth-order valence-electron chi connectivity index (χ4n) is 5.53. The van der Waals surface area contributed by atoms with Gasteiger partial charge in [-0.3, -0.25) is 14.4 Å². The van der Waals surface area contributed by atoms with E-state index in [1.54, 1.807) is 11.8 Å². The van der Waals surface area contributed by atoms with Crippen molar-refractivity contribution in [1.29, 1.82) is 0 Å².